The molecule has 0 amide bonds. The van der Waals surface area contributed by atoms with E-state index in [0.717, 1.165) is 6.61 Å². The maximum absolute atomic E-state index is 6.11. The summed E-state index contributed by atoms with van der Waals surface area (Å²) in [5.41, 5.74) is 0.262. The minimum Gasteiger partial charge on any atom is -0.375 e. The van der Waals surface area contributed by atoms with Crippen LogP contribution >= 0.6 is 0 Å². The highest BCUT2D eigenvalue weighted by molar-refractivity contribution is 4.93. The molecule has 2 aliphatic rings. The Labute approximate surface area is 119 Å². The van der Waals surface area contributed by atoms with Gasteiger partial charge in [0.15, 0.2) is 0 Å². The number of unbranched alkanes of at least 4 members (excludes halogenated alkanes) is 3. The smallest absolute Gasteiger partial charge is 0.0697 e. The second-order valence-electron chi connectivity index (χ2n) is 6.85. The fourth-order valence-corrected chi connectivity index (χ4v) is 3.90. The molecule has 1 saturated carbocycles. The van der Waals surface area contributed by atoms with Gasteiger partial charge in [-0.25, -0.2) is 0 Å². The first kappa shape index (κ1) is 15.3. The van der Waals surface area contributed by atoms with Gasteiger partial charge in [-0.3, -0.25) is 0 Å². The number of ether oxygens (including phenoxy) is 1. The van der Waals surface area contributed by atoms with Gasteiger partial charge in [0.1, 0.15) is 0 Å². The molecule has 2 fully saturated rings. The van der Waals surface area contributed by atoms with E-state index in [1.165, 1.54) is 70.6 Å². The molecule has 2 atom stereocenters. The van der Waals surface area contributed by atoms with E-state index in [1.54, 1.807) is 0 Å². The Kier molecular flexibility index (Phi) is 6.15. The minimum atomic E-state index is 0.262. The first-order chi connectivity index (χ1) is 9.24. The molecule has 2 heteroatoms. The molecule has 2 rings (SSSR count). The number of nitrogens with one attached hydrogen (secondary N) is 1. The molecular formula is C17H33NO. The van der Waals surface area contributed by atoms with Gasteiger partial charge in [0.25, 0.3) is 0 Å². The van der Waals surface area contributed by atoms with Crippen molar-refractivity contribution in [2.75, 3.05) is 6.61 Å². The van der Waals surface area contributed by atoms with E-state index >= 15 is 0 Å². The molecule has 1 spiro atoms. The predicted octanol–water partition coefficient (Wildman–Crippen LogP) is 4.43. The van der Waals surface area contributed by atoms with Crippen LogP contribution in [0.2, 0.25) is 0 Å². The van der Waals surface area contributed by atoms with Gasteiger partial charge in [0, 0.05) is 18.7 Å². The summed E-state index contributed by atoms with van der Waals surface area (Å²) in [6.07, 6.45) is 14.7. The molecule has 112 valence electrons. The molecule has 0 aromatic rings. The van der Waals surface area contributed by atoms with Crippen molar-refractivity contribution in [1.29, 1.82) is 0 Å². The van der Waals surface area contributed by atoms with Crippen LogP contribution in [-0.4, -0.2) is 24.3 Å². The van der Waals surface area contributed by atoms with Crippen LogP contribution in [0.5, 0.6) is 0 Å². The maximum atomic E-state index is 6.11. The molecular weight excluding hydrogens is 234 g/mol. The summed E-state index contributed by atoms with van der Waals surface area (Å²) in [5.74, 6) is 0. The van der Waals surface area contributed by atoms with E-state index in [4.69, 9.17) is 4.74 Å². The molecule has 1 heterocycles. The van der Waals surface area contributed by atoms with Crippen LogP contribution in [0.3, 0.4) is 0 Å². The van der Waals surface area contributed by atoms with Crippen molar-refractivity contribution in [3.8, 4) is 0 Å². The van der Waals surface area contributed by atoms with Crippen molar-refractivity contribution >= 4 is 0 Å². The second kappa shape index (κ2) is 7.64. The van der Waals surface area contributed by atoms with Gasteiger partial charge in [-0.15, -0.1) is 0 Å². The molecule has 2 nitrogen and oxygen atoms in total. The zero-order valence-corrected chi connectivity index (χ0v) is 13.0. The van der Waals surface area contributed by atoms with Gasteiger partial charge in [0.2, 0.25) is 0 Å². The molecule has 1 aliphatic heterocycles. The van der Waals surface area contributed by atoms with Crippen LogP contribution in [0, 0.1) is 0 Å². The average molecular weight is 267 g/mol. The van der Waals surface area contributed by atoms with E-state index < -0.39 is 0 Å². The molecule has 0 aromatic heterocycles. The Bertz CT molecular complexity index is 248. The predicted molar refractivity (Wildman–Crippen MR) is 81.5 cm³/mol. The Morgan fingerprint density at radius 3 is 2.74 bits per heavy atom. The van der Waals surface area contributed by atoms with Gasteiger partial charge in [-0.2, -0.15) is 0 Å². The maximum Gasteiger partial charge on any atom is 0.0697 e. The molecule has 0 aromatic carbocycles. The fourth-order valence-electron chi connectivity index (χ4n) is 3.90. The molecule has 1 aliphatic carbocycles. The monoisotopic (exact) mass is 267 g/mol. The van der Waals surface area contributed by atoms with Crippen LogP contribution in [0.1, 0.15) is 84.5 Å². The second-order valence-corrected chi connectivity index (χ2v) is 6.85. The van der Waals surface area contributed by atoms with Crippen molar-refractivity contribution in [3.63, 3.8) is 0 Å². The zero-order valence-electron chi connectivity index (χ0n) is 13.0. The summed E-state index contributed by atoms with van der Waals surface area (Å²) in [6, 6.07) is 1.38. The normalized spacial score (nSPS) is 27.8. The molecule has 0 radical (unpaired) electrons. The van der Waals surface area contributed by atoms with Crippen molar-refractivity contribution in [2.45, 2.75) is 102 Å². The minimum absolute atomic E-state index is 0.262. The quantitative estimate of drug-likeness (QED) is 0.689. The number of hydrogen-bond acceptors (Lipinski definition) is 2. The van der Waals surface area contributed by atoms with E-state index in [1.807, 2.05) is 0 Å². The van der Waals surface area contributed by atoms with Crippen LogP contribution in [0.25, 0.3) is 0 Å². The van der Waals surface area contributed by atoms with Gasteiger partial charge in [0.05, 0.1) is 5.60 Å². The van der Waals surface area contributed by atoms with Crippen molar-refractivity contribution < 1.29 is 4.74 Å². The van der Waals surface area contributed by atoms with Crippen LogP contribution in [-0.2, 0) is 4.74 Å². The molecule has 0 bridgehead atoms. The van der Waals surface area contributed by atoms with Crippen LogP contribution in [0.4, 0.5) is 0 Å². The van der Waals surface area contributed by atoms with Crippen LogP contribution in [0.15, 0.2) is 0 Å². The highest BCUT2D eigenvalue weighted by Crippen LogP contribution is 2.40. The number of hydrogen-bond donors (Lipinski definition) is 1. The van der Waals surface area contributed by atoms with Gasteiger partial charge in [-0.1, -0.05) is 45.4 Å². The van der Waals surface area contributed by atoms with Gasteiger partial charge in [-0.05, 0) is 39.0 Å². The summed E-state index contributed by atoms with van der Waals surface area (Å²) in [6.45, 7) is 5.62. The lowest BCUT2D eigenvalue weighted by Crippen LogP contribution is -2.48. The van der Waals surface area contributed by atoms with Crippen molar-refractivity contribution in [2.24, 2.45) is 0 Å². The topological polar surface area (TPSA) is 21.3 Å². The molecule has 2 unspecified atom stereocenters. The van der Waals surface area contributed by atoms with Gasteiger partial charge >= 0.3 is 0 Å². The highest BCUT2D eigenvalue weighted by atomic mass is 16.5. The van der Waals surface area contributed by atoms with Crippen molar-refractivity contribution in [3.05, 3.63) is 0 Å². The van der Waals surface area contributed by atoms with E-state index in [-0.39, 0.29) is 5.60 Å². The SMILES string of the molecule is CCCCCCC(C)NC1CCOC2(CCCC2)C1. The first-order valence-corrected chi connectivity index (χ1v) is 8.64. The van der Waals surface area contributed by atoms with E-state index in [2.05, 4.69) is 19.2 Å². The number of rotatable bonds is 7. The Hall–Kier alpha value is -0.0800. The summed E-state index contributed by atoms with van der Waals surface area (Å²) >= 11 is 0. The molecule has 1 saturated heterocycles. The summed E-state index contributed by atoms with van der Waals surface area (Å²) in [5, 5.41) is 3.87. The Morgan fingerprint density at radius 2 is 2.00 bits per heavy atom. The Balaban J connectivity index is 1.67. The fraction of sp³-hybridized carbons (Fsp3) is 1.00. The van der Waals surface area contributed by atoms with E-state index in [0.29, 0.717) is 12.1 Å². The summed E-state index contributed by atoms with van der Waals surface area (Å²) in [7, 11) is 0. The van der Waals surface area contributed by atoms with Crippen LogP contribution < -0.4 is 5.32 Å². The third-order valence-corrected chi connectivity index (χ3v) is 5.02. The summed E-state index contributed by atoms with van der Waals surface area (Å²) < 4.78 is 6.11. The highest BCUT2D eigenvalue weighted by Gasteiger charge is 2.39. The third-order valence-electron chi connectivity index (χ3n) is 5.02. The molecule has 1 N–H and O–H groups in total. The Morgan fingerprint density at radius 1 is 1.21 bits per heavy atom. The van der Waals surface area contributed by atoms with Gasteiger partial charge < -0.3 is 10.1 Å². The lowest BCUT2D eigenvalue weighted by Gasteiger charge is -2.39. The molecule has 19 heavy (non-hydrogen) atoms. The van der Waals surface area contributed by atoms with E-state index in [9.17, 15) is 0 Å². The third kappa shape index (κ3) is 4.75. The summed E-state index contributed by atoms with van der Waals surface area (Å²) in [4.78, 5) is 0. The zero-order chi connectivity index (χ0) is 13.6. The first-order valence-electron chi connectivity index (χ1n) is 8.64. The lowest BCUT2D eigenvalue weighted by atomic mass is 9.88. The lowest BCUT2D eigenvalue weighted by molar-refractivity contribution is -0.0846. The van der Waals surface area contributed by atoms with Crippen molar-refractivity contribution in [1.82, 2.24) is 5.32 Å². The average Bonchev–Trinajstić information content (AvgIpc) is 2.83. The standard InChI is InChI=1S/C17H33NO/c1-3-4-5-6-9-15(2)18-16-10-13-19-17(14-16)11-7-8-12-17/h15-16,18H,3-14H2,1-2H3. The largest absolute Gasteiger partial charge is 0.375 e.